The molecule has 1 aliphatic heterocycles. The van der Waals surface area contributed by atoms with E-state index >= 15 is 0 Å². The Hall–Kier alpha value is -3.09. The first-order valence-corrected chi connectivity index (χ1v) is 9.09. The van der Waals surface area contributed by atoms with Crippen molar-refractivity contribution in [3.05, 3.63) is 60.4 Å². The number of nitrogens with one attached hydrogen (secondary N) is 2. The average Bonchev–Trinajstić information content (AvgIpc) is 3.13. The number of nitrogens with zero attached hydrogens (tertiary/aromatic N) is 3. The van der Waals surface area contributed by atoms with Gasteiger partial charge in [-0.05, 0) is 36.6 Å². The Labute approximate surface area is 159 Å². The van der Waals surface area contributed by atoms with Crippen molar-refractivity contribution in [2.75, 3.05) is 18.0 Å². The molecule has 1 fully saturated rings. The van der Waals surface area contributed by atoms with Crippen LogP contribution in [0.1, 0.15) is 28.8 Å². The Kier molecular flexibility index (Phi) is 5.90. The second-order valence-electron chi connectivity index (χ2n) is 6.69. The van der Waals surface area contributed by atoms with Gasteiger partial charge in [0.2, 0.25) is 11.9 Å². The largest absolute Gasteiger partial charge is 0.349 e. The van der Waals surface area contributed by atoms with E-state index in [1.165, 1.54) is 6.08 Å². The van der Waals surface area contributed by atoms with E-state index in [-0.39, 0.29) is 17.9 Å². The van der Waals surface area contributed by atoms with Gasteiger partial charge < -0.3 is 20.1 Å². The highest BCUT2D eigenvalue weighted by molar-refractivity contribution is 5.94. The third-order valence-electron chi connectivity index (χ3n) is 4.78. The van der Waals surface area contributed by atoms with Gasteiger partial charge in [0, 0.05) is 50.7 Å². The maximum atomic E-state index is 12.5. The maximum absolute atomic E-state index is 12.5. The second-order valence-corrected chi connectivity index (χ2v) is 6.69. The average molecular weight is 367 g/mol. The molecule has 2 aromatic rings. The van der Waals surface area contributed by atoms with Crippen molar-refractivity contribution in [2.24, 2.45) is 7.05 Å². The van der Waals surface area contributed by atoms with Gasteiger partial charge in [-0.25, -0.2) is 4.98 Å². The first-order valence-electron chi connectivity index (χ1n) is 9.09. The second kappa shape index (κ2) is 8.53. The third-order valence-corrected chi connectivity index (χ3v) is 4.78. The molecule has 1 aromatic carbocycles. The van der Waals surface area contributed by atoms with Crippen LogP contribution in [0.25, 0.3) is 0 Å². The summed E-state index contributed by atoms with van der Waals surface area (Å²) in [6, 6.07) is 7.44. The third kappa shape index (κ3) is 4.75. The maximum Gasteiger partial charge on any atom is 0.251 e. The molecule has 27 heavy (non-hydrogen) atoms. The van der Waals surface area contributed by atoms with Crippen molar-refractivity contribution in [3.63, 3.8) is 0 Å². The number of hydrogen-bond acceptors (Lipinski definition) is 4. The zero-order chi connectivity index (χ0) is 19.2. The molecule has 7 heteroatoms. The SMILES string of the molecule is C=CC(=O)NCc1ccc(C(=O)NC2CCN(c3nccn3C)CC2)cc1. The van der Waals surface area contributed by atoms with Crippen LogP contribution in [0.15, 0.2) is 49.3 Å². The number of piperidine rings is 1. The number of hydrogen-bond donors (Lipinski definition) is 2. The number of anilines is 1. The molecule has 0 unspecified atom stereocenters. The van der Waals surface area contributed by atoms with Crippen LogP contribution in [0.2, 0.25) is 0 Å². The van der Waals surface area contributed by atoms with E-state index in [0.29, 0.717) is 12.1 Å². The molecular formula is C20H25N5O2. The smallest absolute Gasteiger partial charge is 0.251 e. The van der Waals surface area contributed by atoms with Crippen LogP contribution in [-0.2, 0) is 18.4 Å². The van der Waals surface area contributed by atoms with Crippen molar-refractivity contribution in [2.45, 2.75) is 25.4 Å². The van der Waals surface area contributed by atoms with E-state index in [1.807, 2.05) is 29.9 Å². The fraction of sp³-hybridized carbons (Fsp3) is 0.350. The summed E-state index contributed by atoms with van der Waals surface area (Å²) >= 11 is 0. The van der Waals surface area contributed by atoms with Crippen molar-refractivity contribution in [1.82, 2.24) is 20.2 Å². The molecule has 1 saturated heterocycles. The molecule has 0 aliphatic carbocycles. The highest BCUT2D eigenvalue weighted by Gasteiger charge is 2.23. The van der Waals surface area contributed by atoms with Crippen molar-refractivity contribution >= 4 is 17.8 Å². The number of rotatable bonds is 6. The Morgan fingerprint density at radius 1 is 1.26 bits per heavy atom. The predicted molar refractivity (Wildman–Crippen MR) is 104 cm³/mol. The molecule has 1 aliphatic rings. The minimum atomic E-state index is -0.214. The lowest BCUT2D eigenvalue weighted by atomic mass is 10.0. The summed E-state index contributed by atoms with van der Waals surface area (Å²) < 4.78 is 2.01. The molecule has 2 heterocycles. The van der Waals surface area contributed by atoms with Gasteiger partial charge in [0.1, 0.15) is 0 Å². The van der Waals surface area contributed by atoms with Crippen LogP contribution in [0.3, 0.4) is 0 Å². The van der Waals surface area contributed by atoms with Gasteiger partial charge in [-0.15, -0.1) is 0 Å². The Morgan fingerprint density at radius 3 is 2.56 bits per heavy atom. The molecule has 3 rings (SSSR count). The van der Waals surface area contributed by atoms with E-state index in [2.05, 4.69) is 27.1 Å². The van der Waals surface area contributed by atoms with Crippen LogP contribution >= 0.6 is 0 Å². The van der Waals surface area contributed by atoms with E-state index in [0.717, 1.165) is 37.4 Å². The fourth-order valence-corrected chi connectivity index (χ4v) is 3.19. The van der Waals surface area contributed by atoms with Gasteiger partial charge in [0.15, 0.2) is 0 Å². The summed E-state index contributed by atoms with van der Waals surface area (Å²) in [7, 11) is 1.99. The topological polar surface area (TPSA) is 79.3 Å². The minimum Gasteiger partial charge on any atom is -0.349 e. The number of imidazole rings is 1. The van der Waals surface area contributed by atoms with Crippen LogP contribution in [0, 0.1) is 0 Å². The van der Waals surface area contributed by atoms with Gasteiger partial charge in [0.05, 0.1) is 0 Å². The van der Waals surface area contributed by atoms with Crippen LogP contribution in [-0.4, -0.2) is 40.5 Å². The van der Waals surface area contributed by atoms with E-state index in [9.17, 15) is 9.59 Å². The lowest BCUT2D eigenvalue weighted by molar-refractivity contribution is -0.116. The lowest BCUT2D eigenvalue weighted by Gasteiger charge is -2.33. The predicted octanol–water partition coefficient (Wildman–Crippen LogP) is 1.62. The van der Waals surface area contributed by atoms with Gasteiger partial charge in [-0.3, -0.25) is 9.59 Å². The van der Waals surface area contributed by atoms with Crippen LogP contribution < -0.4 is 15.5 Å². The molecule has 0 atom stereocenters. The number of benzene rings is 1. The zero-order valence-electron chi connectivity index (χ0n) is 15.5. The molecule has 1 aromatic heterocycles. The minimum absolute atomic E-state index is 0.0629. The van der Waals surface area contributed by atoms with Crippen LogP contribution in [0.4, 0.5) is 5.95 Å². The molecule has 0 spiro atoms. The lowest BCUT2D eigenvalue weighted by Crippen LogP contribution is -2.45. The molecule has 2 N–H and O–H groups in total. The zero-order valence-corrected chi connectivity index (χ0v) is 15.5. The van der Waals surface area contributed by atoms with Crippen molar-refractivity contribution < 1.29 is 9.59 Å². The normalized spacial score (nSPS) is 14.6. The summed E-state index contributed by atoms with van der Waals surface area (Å²) in [5.41, 5.74) is 1.56. The summed E-state index contributed by atoms with van der Waals surface area (Å²) in [5, 5.41) is 5.83. The summed E-state index contributed by atoms with van der Waals surface area (Å²) in [4.78, 5) is 30.3. The molecule has 142 valence electrons. The molecule has 2 amide bonds. The Bertz CT molecular complexity index is 804. The monoisotopic (exact) mass is 367 g/mol. The molecule has 0 bridgehead atoms. The van der Waals surface area contributed by atoms with E-state index < -0.39 is 0 Å². The van der Waals surface area contributed by atoms with Gasteiger partial charge >= 0.3 is 0 Å². The molecule has 7 nitrogen and oxygen atoms in total. The fourth-order valence-electron chi connectivity index (χ4n) is 3.19. The number of aromatic nitrogens is 2. The first kappa shape index (κ1) is 18.7. The van der Waals surface area contributed by atoms with Crippen molar-refractivity contribution in [3.8, 4) is 0 Å². The molecular weight excluding hydrogens is 342 g/mol. The number of carbonyl (C=O) groups excluding carboxylic acids is 2. The quantitative estimate of drug-likeness (QED) is 0.761. The standard InChI is InChI=1S/C20H25N5O2/c1-3-18(26)22-14-15-4-6-16(7-5-15)19(27)23-17-8-11-25(12-9-17)20-21-10-13-24(20)2/h3-7,10,13,17H,1,8-9,11-12,14H2,2H3,(H,22,26)(H,23,27). The Morgan fingerprint density at radius 2 is 1.96 bits per heavy atom. The highest BCUT2D eigenvalue weighted by atomic mass is 16.2. The van der Waals surface area contributed by atoms with E-state index in [1.54, 1.807) is 18.3 Å². The van der Waals surface area contributed by atoms with Gasteiger partial charge in [-0.2, -0.15) is 0 Å². The molecule has 0 saturated carbocycles. The van der Waals surface area contributed by atoms with Gasteiger partial charge in [0.25, 0.3) is 5.91 Å². The number of aryl methyl sites for hydroxylation is 1. The summed E-state index contributed by atoms with van der Waals surface area (Å²) in [6.45, 7) is 5.58. The summed E-state index contributed by atoms with van der Waals surface area (Å²) in [6.07, 6.45) is 6.76. The molecule has 0 radical (unpaired) electrons. The summed E-state index contributed by atoms with van der Waals surface area (Å²) in [5.74, 6) is 0.694. The highest BCUT2D eigenvalue weighted by Crippen LogP contribution is 2.18. The van der Waals surface area contributed by atoms with Gasteiger partial charge in [-0.1, -0.05) is 18.7 Å². The van der Waals surface area contributed by atoms with E-state index in [4.69, 9.17) is 0 Å². The van der Waals surface area contributed by atoms with Crippen LogP contribution in [0.5, 0.6) is 0 Å². The first-order chi connectivity index (χ1) is 13.1. The van der Waals surface area contributed by atoms with Crippen molar-refractivity contribution in [1.29, 1.82) is 0 Å². The number of amides is 2. The number of carbonyl (C=O) groups is 2. The Balaban J connectivity index is 1.48.